The molecule has 30 heavy (non-hydrogen) atoms. The molecule has 0 spiro atoms. The fourth-order valence-corrected chi connectivity index (χ4v) is 4.53. The van der Waals surface area contributed by atoms with Gasteiger partial charge in [0, 0.05) is 24.3 Å². The smallest absolute Gasteiger partial charge is 0.260 e. The summed E-state index contributed by atoms with van der Waals surface area (Å²) in [7, 11) is 0. The van der Waals surface area contributed by atoms with Crippen LogP contribution in [0.2, 0.25) is 0 Å². The summed E-state index contributed by atoms with van der Waals surface area (Å²) in [5, 5.41) is 5.08. The van der Waals surface area contributed by atoms with Gasteiger partial charge in [0.1, 0.15) is 5.76 Å². The number of aromatic nitrogens is 2. The summed E-state index contributed by atoms with van der Waals surface area (Å²) in [6.07, 6.45) is 9.46. The summed E-state index contributed by atoms with van der Waals surface area (Å²) >= 11 is 1.32. The van der Waals surface area contributed by atoms with Crippen molar-refractivity contribution in [3.8, 4) is 0 Å². The zero-order valence-electron chi connectivity index (χ0n) is 16.8. The van der Waals surface area contributed by atoms with Crippen molar-refractivity contribution >= 4 is 28.3 Å². The summed E-state index contributed by atoms with van der Waals surface area (Å²) in [6, 6.07) is 5.68. The van der Waals surface area contributed by atoms with Gasteiger partial charge in [-0.3, -0.25) is 19.9 Å². The van der Waals surface area contributed by atoms with Gasteiger partial charge >= 0.3 is 0 Å². The first-order valence-corrected chi connectivity index (χ1v) is 11.0. The normalized spacial score (nSPS) is 16.8. The van der Waals surface area contributed by atoms with Crippen molar-refractivity contribution in [2.45, 2.75) is 45.1 Å². The van der Waals surface area contributed by atoms with Gasteiger partial charge in [-0.15, -0.1) is 11.3 Å². The molecule has 1 atom stereocenters. The lowest BCUT2D eigenvalue weighted by Gasteiger charge is -2.30. The van der Waals surface area contributed by atoms with E-state index in [4.69, 9.17) is 4.42 Å². The van der Waals surface area contributed by atoms with E-state index in [9.17, 15) is 9.59 Å². The molecule has 8 heteroatoms. The Morgan fingerprint density at radius 1 is 1.23 bits per heavy atom. The first-order chi connectivity index (χ1) is 14.6. The number of rotatable bonds is 5. The van der Waals surface area contributed by atoms with Gasteiger partial charge in [-0.1, -0.05) is 12.8 Å². The third-order valence-electron chi connectivity index (χ3n) is 5.37. The molecule has 1 unspecified atom stereocenters. The molecule has 1 aliphatic heterocycles. The van der Waals surface area contributed by atoms with Gasteiger partial charge in [0.25, 0.3) is 5.91 Å². The number of thiazole rings is 1. The number of pyridine rings is 1. The van der Waals surface area contributed by atoms with Crippen LogP contribution in [-0.2, 0) is 11.2 Å². The highest BCUT2D eigenvalue weighted by Crippen LogP contribution is 2.30. The van der Waals surface area contributed by atoms with Crippen molar-refractivity contribution in [3.05, 3.63) is 64.8 Å². The number of furan rings is 1. The topological polar surface area (TPSA) is 88.3 Å². The lowest BCUT2D eigenvalue weighted by atomic mass is 10.0. The van der Waals surface area contributed by atoms with Crippen molar-refractivity contribution < 1.29 is 14.0 Å². The number of carbonyl (C=O) groups excluding carboxylic acids is 2. The zero-order chi connectivity index (χ0) is 20.9. The monoisotopic (exact) mass is 424 g/mol. The van der Waals surface area contributed by atoms with Crippen LogP contribution in [0, 0.1) is 6.92 Å². The van der Waals surface area contributed by atoms with Gasteiger partial charge in [-0.05, 0) is 43.5 Å². The number of aryl methyl sites for hydroxylation is 1. The number of anilines is 1. The van der Waals surface area contributed by atoms with E-state index in [2.05, 4.69) is 15.3 Å². The molecule has 0 aliphatic carbocycles. The van der Waals surface area contributed by atoms with E-state index < -0.39 is 0 Å². The molecule has 0 aromatic carbocycles. The Morgan fingerprint density at radius 3 is 2.83 bits per heavy atom. The van der Waals surface area contributed by atoms with Crippen LogP contribution in [0.5, 0.6) is 0 Å². The minimum Gasteiger partial charge on any atom is -0.469 e. The third-order valence-corrected chi connectivity index (χ3v) is 6.18. The Kier molecular flexibility index (Phi) is 6.23. The first-order valence-electron chi connectivity index (χ1n) is 10.1. The second-order valence-electron chi connectivity index (χ2n) is 7.40. The molecule has 3 aromatic heterocycles. The maximum absolute atomic E-state index is 13.1. The van der Waals surface area contributed by atoms with Crippen molar-refractivity contribution in [3.63, 3.8) is 0 Å². The number of nitrogens with zero attached hydrogens (tertiary/aromatic N) is 3. The van der Waals surface area contributed by atoms with E-state index in [1.165, 1.54) is 17.6 Å². The van der Waals surface area contributed by atoms with E-state index in [1.54, 1.807) is 25.4 Å². The molecular formula is C22H24N4O3S. The Hall–Kier alpha value is -3.00. The molecule has 3 aromatic rings. The number of hydrogen-bond acceptors (Lipinski definition) is 6. The number of nitrogens with one attached hydrogen (secondary N) is 1. The van der Waals surface area contributed by atoms with Crippen LogP contribution in [0.1, 0.15) is 59.1 Å². The van der Waals surface area contributed by atoms with Crippen LogP contribution in [0.4, 0.5) is 5.13 Å². The molecule has 2 amide bonds. The van der Waals surface area contributed by atoms with E-state index in [0.717, 1.165) is 37.8 Å². The van der Waals surface area contributed by atoms with E-state index in [-0.39, 0.29) is 24.3 Å². The van der Waals surface area contributed by atoms with Crippen LogP contribution in [-0.4, -0.2) is 33.2 Å². The minimum absolute atomic E-state index is 0.0626. The molecule has 4 rings (SSSR count). The number of amides is 2. The Morgan fingerprint density at radius 2 is 2.07 bits per heavy atom. The maximum atomic E-state index is 13.1. The highest BCUT2D eigenvalue weighted by atomic mass is 32.1. The largest absolute Gasteiger partial charge is 0.469 e. The fraction of sp³-hybridized carbons (Fsp3) is 0.364. The molecule has 4 heterocycles. The zero-order valence-corrected chi connectivity index (χ0v) is 17.7. The second kappa shape index (κ2) is 9.21. The minimum atomic E-state index is -0.265. The molecule has 0 radical (unpaired) electrons. The van der Waals surface area contributed by atoms with Crippen molar-refractivity contribution in [1.82, 2.24) is 14.9 Å². The molecule has 1 fully saturated rings. The maximum Gasteiger partial charge on any atom is 0.260 e. The Labute approximate surface area is 179 Å². The SMILES string of the molecule is Cc1occc1C(=O)Nc1nc(CC(=O)N2CCCCCC2c2ccncc2)cs1. The second-order valence-corrected chi connectivity index (χ2v) is 8.26. The highest BCUT2D eigenvalue weighted by Gasteiger charge is 2.27. The van der Waals surface area contributed by atoms with E-state index >= 15 is 0 Å². The Balaban J connectivity index is 1.44. The summed E-state index contributed by atoms with van der Waals surface area (Å²) in [6.45, 7) is 2.49. The van der Waals surface area contributed by atoms with Gasteiger partial charge < -0.3 is 9.32 Å². The average molecular weight is 425 g/mol. The number of carbonyl (C=O) groups is 2. The average Bonchev–Trinajstić information content (AvgIpc) is 3.29. The molecule has 1 N–H and O–H groups in total. The van der Waals surface area contributed by atoms with Gasteiger partial charge in [0.15, 0.2) is 5.13 Å². The van der Waals surface area contributed by atoms with Gasteiger partial charge in [-0.25, -0.2) is 4.98 Å². The van der Waals surface area contributed by atoms with Gasteiger partial charge in [-0.2, -0.15) is 0 Å². The lowest BCUT2D eigenvalue weighted by Crippen LogP contribution is -2.36. The number of likely N-dealkylation sites (tertiary alicyclic amines) is 1. The molecule has 7 nitrogen and oxygen atoms in total. The van der Waals surface area contributed by atoms with Gasteiger partial charge in [0.2, 0.25) is 5.91 Å². The number of hydrogen-bond donors (Lipinski definition) is 1. The molecule has 1 saturated heterocycles. The molecule has 1 aliphatic rings. The van der Waals surface area contributed by atoms with Crippen LogP contribution < -0.4 is 5.32 Å². The quantitative estimate of drug-likeness (QED) is 0.657. The van der Waals surface area contributed by atoms with Crippen molar-refractivity contribution in [2.24, 2.45) is 0 Å². The van der Waals surface area contributed by atoms with E-state index in [1.807, 2.05) is 22.4 Å². The molecule has 156 valence electrons. The van der Waals surface area contributed by atoms with E-state index in [0.29, 0.717) is 22.1 Å². The summed E-state index contributed by atoms with van der Waals surface area (Å²) < 4.78 is 5.17. The summed E-state index contributed by atoms with van der Waals surface area (Å²) in [5.74, 6) is 0.356. The van der Waals surface area contributed by atoms with Crippen molar-refractivity contribution in [1.29, 1.82) is 0 Å². The Bertz CT molecular complexity index is 1010. The van der Waals surface area contributed by atoms with Gasteiger partial charge in [0.05, 0.1) is 30.0 Å². The highest BCUT2D eigenvalue weighted by molar-refractivity contribution is 7.14. The molecular weight excluding hydrogens is 400 g/mol. The standard InChI is InChI=1S/C22H24N4O3S/c1-15-18(8-12-29-15)21(28)25-22-24-17(14-30-22)13-20(27)26-11-4-2-3-5-19(26)16-6-9-23-10-7-16/h6-10,12,14,19H,2-5,11,13H2,1H3,(H,24,25,28). The van der Waals surface area contributed by atoms with Crippen LogP contribution in [0.25, 0.3) is 0 Å². The lowest BCUT2D eigenvalue weighted by molar-refractivity contribution is -0.133. The predicted octanol–water partition coefficient (Wildman–Crippen LogP) is 4.38. The van der Waals surface area contributed by atoms with Crippen LogP contribution in [0.15, 0.2) is 46.7 Å². The van der Waals surface area contributed by atoms with Crippen LogP contribution in [0.3, 0.4) is 0 Å². The third kappa shape index (κ3) is 4.59. The van der Waals surface area contributed by atoms with Crippen molar-refractivity contribution in [2.75, 3.05) is 11.9 Å². The fourth-order valence-electron chi connectivity index (χ4n) is 3.83. The summed E-state index contributed by atoms with van der Waals surface area (Å²) in [5.41, 5.74) is 2.27. The van der Waals surface area contributed by atoms with Crippen LogP contribution >= 0.6 is 11.3 Å². The molecule has 0 saturated carbocycles. The predicted molar refractivity (Wildman–Crippen MR) is 114 cm³/mol. The summed E-state index contributed by atoms with van der Waals surface area (Å²) in [4.78, 5) is 36.0. The molecule has 0 bridgehead atoms. The first kappa shape index (κ1) is 20.3.